The number of methoxy groups -OCH3 is 1. The summed E-state index contributed by atoms with van der Waals surface area (Å²) in [4.78, 5) is 21.9. The molecule has 0 unspecified atom stereocenters. The van der Waals surface area contributed by atoms with Gasteiger partial charge in [-0.3, -0.25) is 4.99 Å². The lowest BCUT2D eigenvalue weighted by atomic mass is 10.3. The highest BCUT2D eigenvalue weighted by Gasteiger charge is 2.21. The molecule has 2 aromatic rings. The molecule has 0 aromatic carbocycles. The van der Waals surface area contributed by atoms with Crippen LogP contribution in [0.15, 0.2) is 41.7 Å². The number of hydrogen-bond donors (Lipinski definition) is 1. The third-order valence-corrected chi connectivity index (χ3v) is 4.04. The molecule has 1 N–H and O–H groups in total. The number of aromatic nitrogens is 3. The highest BCUT2D eigenvalue weighted by atomic mass is 16.5. The van der Waals surface area contributed by atoms with E-state index in [-0.39, 0.29) is 0 Å². The van der Waals surface area contributed by atoms with E-state index in [1.807, 2.05) is 24.3 Å². The predicted octanol–water partition coefficient (Wildman–Crippen LogP) is 0.778. The normalized spacial score (nSPS) is 15.2. The summed E-state index contributed by atoms with van der Waals surface area (Å²) in [5.74, 6) is 2.27. The lowest BCUT2D eigenvalue weighted by molar-refractivity contribution is 0.369. The Labute approximate surface area is 147 Å². The first kappa shape index (κ1) is 16.9. The molecule has 0 amide bonds. The van der Waals surface area contributed by atoms with E-state index < -0.39 is 0 Å². The van der Waals surface area contributed by atoms with E-state index in [1.165, 1.54) is 0 Å². The lowest BCUT2D eigenvalue weighted by Crippen LogP contribution is -2.52. The number of nitrogens with zero attached hydrogens (tertiary/aromatic N) is 6. The molecule has 0 saturated carbocycles. The van der Waals surface area contributed by atoms with E-state index >= 15 is 0 Å². The van der Waals surface area contributed by atoms with Gasteiger partial charge in [-0.1, -0.05) is 6.07 Å². The van der Waals surface area contributed by atoms with Crippen LogP contribution in [0.2, 0.25) is 0 Å². The van der Waals surface area contributed by atoms with Gasteiger partial charge in [0.2, 0.25) is 11.8 Å². The van der Waals surface area contributed by atoms with Gasteiger partial charge in [0, 0.05) is 51.7 Å². The molecule has 3 heterocycles. The Morgan fingerprint density at radius 3 is 2.60 bits per heavy atom. The summed E-state index contributed by atoms with van der Waals surface area (Å²) >= 11 is 0. The second-order valence-electron chi connectivity index (χ2n) is 5.59. The average molecular weight is 341 g/mol. The van der Waals surface area contributed by atoms with Gasteiger partial charge >= 0.3 is 0 Å². The zero-order chi connectivity index (χ0) is 17.5. The largest absolute Gasteiger partial charge is 0.481 e. The van der Waals surface area contributed by atoms with Gasteiger partial charge < -0.3 is 19.9 Å². The topological polar surface area (TPSA) is 78.8 Å². The van der Waals surface area contributed by atoms with Gasteiger partial charge in [0.25, 0.3) is 0 Å². The van der Waals surface area contributed by atoms with Crippen molar-refractivity contribution in [2.24, 2.45) is 4.99 Å². The Morgan fingerprint density at radius 2 is 1.92 bits per heavy atom. The second-order valence-corrected chi connectivity index (χ2v) is 5.59. The van der Waals surface area contributed by atoms with Gasteiger partial charge in [0.15, 0.2) is 5.96 Å². The molecular weight excluding hydrogens is 318 g/mol. The van der Waals surface area contributed by atoms with E-state index in [2.05, 4.69) is 35.1 Å². The number of piperazine rings is 1. The summed E-state index contributed by atoms with van der Waals surface area (Å²) in [5.41, 5.74) is 0.914. The van der Waals surface area contributed by atoms with Crippen LogP contribution in [0, 0.1) is 0 Å². The number of anilines is 1. The number of ether oxygens (including phenoxy) is 1. The minimum absolute atomic E-state index is 0.603. The number of aliphatic imine (C=N–C) groups is 1. The van der Waals surface area contributed by atoms with Crippen LogP contribution in [-0.2, 0) is 6.54 Å². The highest BCUT2D eigenvalue weighted by Crippen LogP contribution is 2.10. The van der Waals surface area contributed by atoms with E-state index in [0.717, 1.165) is 43.8 Å². The molecule has 3 rings (SSSR count). The summed E-state index contributed by atoms with van der Waals surface area (Å²) in [6.07, 6.45) is 3.55. The van der Waals surface area contributed by atoms with Crippen LogP contribution in [-0.4, -0.2) is 66.1 Å². The highest BCUT2D eigenvalue weighted by molar-refractivity contribution is 5.80. The van der Waals surface area contributed by atoms with Crippen molar-refractivity contribution in [2.45, 2.75) is 6.54 Å². The summed E-state index contributed by atoms with van der Waals surface area (Å²) < 4.78 is 5.16. The summed E-state index contributed by atoms with van der Waals surface area (Å²) in [6.45, 7) is 4.06. The minimum Gasteiger partial charge on any atom is -0.481 e. The molecule has 8 nitrogen and oxygen atoms in total. The Hall–Kier alpha value is -2.90. The molecule has 0 bridgehead atoms. The molecule has 1 saturated heterocycles. The molecule has 1 aliphatic heterocycles. The molecular formula is C17H23N7O. The maximum atomic E-state index is 5.16. The van der Waals surface area contributed by atoms with Crippen molar-refractivity contribution in [1.82, 2.24) is 25.2 Å². The van der Waals surface area contributed by atoms with Gasteiger partial charge in [-0.2, -0.15) is 0 Å². The maximum absolute atomic E-state index is 5.16. The van der Waals surface area contributed by atoms with Gasteiger partial charge in [-0.15, -0.1) is 0 Å². The van der Waals surface area contributed by atoms with Gasteiger partial charge in [-0.25, -0.2) is 15.0 Å². The molecule has 0 spiro atoms. The van der Waals surface area contributed by atoms with Gasteiger partial charge in [0.05, 0.1) is 19.3 Å². The maximum Gasteiger partial charge on any atom is 0.225 e. The van der Waals surface area contributed by atoms with Crippen LogP contribution in [0.1, 0.15) is 5.69 Å². The summed E-state index contributed by atoms with van der Waals surface area (Å²) in [6, 6.07) is 7.57. The number of rotatable bonds is 4. The van der Waals surface area contributed by atoms with Gasteiger partial charge in [-0.05, 0) is 12.1 Å². The fourth-order valence-corrected chi connectivity index (χ4v) is 2.74. The van der Waals surface area contributed by atoms with Crippen LogP contribution in [0.3, 0.4) is 0 Å². The third-order valence-electron chi connectivity index (χ3n) is 4.04. The standard InChI is InChI=1S/C17H23N7O/c1-18-16(21-13-14-5-3-6-15(22-14)25-2)23-9-11-24(12-10-23)17-19-7-4-8-20-17/h3-8H,9-13H2,1-2H3,(H,18,21). The fourth-order valence-electron chi connectivity index (χ4n) is 2.74. The molecule has 1 fully saturated rings. The first-order chi connectivity index (χ1) is 12.3. The molecule has 0 aliphatic carbocycles. The van der Waals surface area contributed by atoms with E-state index in [1.54, 1.807) is 26.6 Å². The van der Waals surface area contributed by atoms with Gasteiger partial charge in [0.1, 0.15) is 0 Å². The Bertz CT molecular complexity index is 699. The smallest absolute Gasteiger partial charge is 0.225 e. The van der Waals surface area contributed by atoms with Crippen LogP contribution in [0.4, 0.5) is 5.95 Å². The van der Waals surface area contributed by atoms with E-state index in [4.69, 9.17) is 4.74 Å². The molecule has 132 valence electrons. The van der Waals surface area contributed by atoms with Crippen LogP contribution in [0.5, 0.6) is 5.88 Å². The average Bonchev–Trinajstić information content (AvgIpc) is 2.70. The van der Waals surface area contributed by atoms with Crippen molar-refractivity contribution in [3.8, 4) is 5.88 Å². The number of guanidine groups is 1. The molecule has 0 radical (unpaired) electrons. The van der Waals surface area contributed by atoms with E-state index in [0.29, 0.717) is 12.4 Å². The molecule has 2 aromatic heterocycles. The quantitative estimate of drug-likeness (QED) is 0.650. The zero-order valence-corrected chi connectivity index (χ0v) is 14.6. The van der Waals surface area contributed by atoms with Crippen LogP contribution in [0.25, 0.3) is 0 Å². The monoisotopic (exact) mass is 341 g/mol. The van der Waals surface area contributed by atoms with Crippen molar-refractivity contribution in [1.29, 1.82) is 0 Å². The predicted molar refractivity (Wildman–Crippen MR) is 96.8 cm³/mol. The number of pyridine rings is 1. The molecule has 8 heteroatoms. The number of nitrogens with one attached hydrogen (secondary N) is 1. The van der Waals surface area contributed by atoms with Crippen molar-refractivity contribution >= 4 is 11.9 Å². The van der Waals surface area contributed by atoms with Crippen molar-refractivity contribution in [3.63, 3.8) is 0 Å². The Morgan fingerprint density at radius 1 is 1.16 bits per heavy atom. The Balaban J connectivity index is 1.54. The van der Waals surface area contributed by atoms with Crippen LogP contribution < -0.4 is 15.0 Å². The minimum atomic E-state index is 0.603. The first-order valence-corrected chi connectivity index (χ1v) is 8.27. The van der Waals surface area contributed by atoms with Crippen LogP contribution >= 0.6 is 0 Å². The van der Waals surface area contributed by atoms with Crippen molar-refractivity contribution in [3.05, 3.63) is 42.4 Å². The summed E-state index contributed by atoms with van der Waals surface area (Å²) in [7, 11) is 3.42. The van der Waals surface area contributed by atoms with Crippen molar-refractivity contribution < 1.29 is 4.74 Å². The zero-order valence-electron chi connectivity index (χ0n) is 14.6. The molecule has 1 aliphatic rings. The number of hydrogen-bond acceptors (Lipinski definition) is 6. The van der Waals surface area contributed by atoms with E-state index in [9.17, 15) is 0 Å². The van der Waals surface area contributed by atoms with Crippen molar-refractivity contribution in [2.75, 3.05) is 45.2 Å². The third kappa shape index (κ3) is 4.34. The second kappa shape index (κ2) is 8.27. The SMILES string of the molecule is CN=C(NCc1cccc(OC)n1)N1CCN(c2ncccn2)CC1. The summed E-state index contributed by atoms with van der Waals surface area (Å²) in [5, 5.41) is 3.37. The fraction of sp³-hybridized carbons (Fsp3) is 0.412. The first-order valence-electron chi connectivity index (χ1n) is 8.27. The molecule has 0 atom stereocenters. The lowest BCUT2D eigenvalue weighted by Gasteiger charge is -2.36. The Kier molecular flexibility index (Phi) is 5.61. The molecule has 25 heavy (non-hydrogen) atoms.